The van der Waals surface area contributed by atoms with E-state index in [1.54, 1.807) is 25.1 Å². The fraction of sp³-hybridized carbons (Fsp3) is 0.0714. The van der Waals surface area contributed by atoms with Gasteiger partial charge in [0.15, 0.2) is 0 Å². The smallest absolute Gasteiger partial charge is 0.258 e. The second-order valence-electron chi connectivity index (χ2n) is 4.29. The molecule has 0 fully saturated rings. The van der Waals surface area contributed by atoms with Gasteiger partial charge in [-0.2, -0.15) is 4.98 Å². The summed E-state index contributed by atoms with van der Waals surface area (Å²) in [6.07, 6.45) is 1.09. The Hall–Kier alpha value is -2.76. The highest BCUT2D eigenvalue weighted by atomic mass is 19.1. The van der Waals surface area contributed by atoms with Crippen LogP contribution in [0.25, 0.3) is 23.0 Å². The first kappa shape index (κ1) is 12.3. The highest BCUT2D eigenvalue weighted by molar-refractivity contribution is 5.59. The number of halogens is 1. The number of phenols is 1. The van der Waals surface area contributed by atoms with E-state index in [0.29, 0.717) is 22.7 Å². The van der Waals surface area contributed by atoms with E-state index in [9.17, 15) is 9.50 Å². The molecule has 3 aromatic rings. The molecule has 0 spiro atoms. The molecule has 0 radical (unpaired) electrons. The molecule has 0 atom stereocenters. The zero-order valence-corrected chi connectivity index (χ0v) is 10.5. The molecule has 20 heavy (non-hydrogen) atoms. The lowest BCUT2D eigenvalue weighted by Gasteiger charge is -1.99. The summed E-state index contributed by atoms with van der Waals surface area (Å²) in [6, 6.07) is 7.74. The van der Waals surface area contributed by atoms with E-state index in [1.807, 2.05) is 0 Å². The monoisotopic (exact) mass is 271 g/mol. The van der Waals surface area contributed by atoms with Crippen molar-refractivity contribution in [2.24, 2.45) is 0 Å². The van der Waals surface area contributed by atoms with Gasteiger partial charge in [0.2, 0.25) is 5.82 Å². The summed E-state index contributed by atoms with van der Waals surface area (Å²) in [6.45, 7) is 1.78. The number of rotatable bonds is 2. The molecular weight excluding hydrogens is 261 g/mol. The normalized spacial score (nSPS) is 10.7. The van der Waals surface area contributed by atoms with Crippen LogP contribution in [-0.2, 0) is 0 Å². The van der Waals surface area contributed by atoms with Crippen LogP contribution >= 0.6 is 0 Å². The highest BCUT2D eigenvalue weighted by Crippen LogP contribution is 2.25. The van der Waals surface area contributed by atoms with Gasteiger partial charge in [-0.15, -0.1) is 0 Å². The van der Waals surface area contributed by atoms with Crippen LogP contribution in [0.1, 0.15) is 5.56 Å². The van der Waals surface area contributed by atoms with Gasteiger partial charge in [0.05, 0.1) is 6.20 Å². The van der Waals surface area contributed by atoms with Gasteiger partial charge in [-0.3, -0.25) is 0 Å². The van der Waals surface area contributed by atoms with E-state index >= 15 is 0 Å². The average molecular weight is 271 g/mol. The van der Waals surface area contributed by atoms with E-state index < -0.39 is 5.82 Å². The number of pyridine rings is 1. The molecule has 3 rings (SSSR count). The van der Waals surface area contributed by atoms with Crippen molar-refractivity contribution < 1.29 is 14.0 Å². The maximum Gasteiger partial charge on any atom is 0.258 e. The number of aromatic hydroxyl groups is 1. The number of aryl methyl sites for hydroxylation is 1. The topological polar surface area (TPSA) is 72.0 Å². The zero-order valence-electron chi connectivity index (χ0n) is 10.5. The standard InChI is InChI=1S/C14H10FN3O2/c1-8-6-9(2-5-12(8)19)14-17-13(18-20-14)11-4-3-10(15)7-16-11/h2-7,19H,1H3. The Labute approximate surface area is 113 Å². The summed E-state index contributed by atoms with van der Waals surface area (Å²) in [4.78, 5) is 8.09. The van der Waals surface area contributed by atoms with Crippen LogP contribution in [0.15, 0.2) is 41.1 Å². The third-order valence-electron chi connectivity index (χ3n) is 2.83. The van der Waals surface area contributed by atoms with Crippen LogP contribution in [0.2, 0.25) is 0 Å². The zero-order chi connectivity index (χ0) is 14.1. The Morgan fingerprint density at radius 2 is 2.05 bits per heavy atom. The fourth-order valence-corrected chi connectivity index (χ4v) is 1.74. The maximum atomic E-state index is 12.8. The van der Waals surface area contributed by atoms with Crippen LogP contribution in [0.3, 0.4) is 0 Å². The summed E-state index contributed by atoms with van der Waals surface area (Å²) in [5.41, 5.74) is 1.83. The maximum absolute atomic E-state index is 12.8. The van der Waals surface area contributed by atoms with Crippen LogP contribution < -0.4 is 0 Å². The molecule has 0 amide bonds. The lowest BCUT2D eigenvalue weighted by molar-refractivity contribution is 0.431. The molecular formula is C14H10FN3O2. The van der Waals surface area contributed by atoms with Crippen molar-refractivity contribution in [3.63, 3.8) is 0 Å². The second kappa shape index (κ2) is 4.73. The van der Waals surface area contributed by atoms with Crippen LogP contribution in [0, 0.1) is 12.7 Å². The first-order valence-electron chi connectivity index (χ1n) is 5.89. The largest absolute Gasteiger partial charge is 0.508 e. The minimum atomic E-state index is -0.424. The lowest BCUT2D eigenvalue weighted by Crippen LogP contribution is -1.86. The van der Waals surface area contributed by atoms with Crippen molar-refractivity contribution in [2.75, 3.05) is 0 Å². The number of nitrogens with zero attached hydrogens (tertiary/aromatic N) is 3. The molecule has 100 valence electrons. The van der Waals surface area contributed by atoms with E-state index in [-0.39, 0.29) is 11.6 Å². The van der Waals surface area contributed by atoms with Crippen molar-refractivity contribution >= 4 is 0 Å². The molecule has 0 bridgehead atoms. The molecule has 0 unspecified atom stereocenters. The van der Waals surface area contributed by atoms with Gasteiger partial charge in [-0.1, -0.05) is 5.16 Å². The van der Waals surface area contributed by atoms with Gasteiger partial charge in [0, 0.05) is 5.56 Å². The van der Waals surface area contributed by atoms with Crippen molar-refractivity contribution in [3.05, 3.63) is 47.9 Å². The predicted octanol–water partition coefficient (Wildman–Crippen LogP) is 2.95. The Morgan fingerprint density at radius 1 is 1.20 bits per heavy atom. The summed E-state index contributed by atoms with van der Waals surface area (Å²) in [5, 5.41) is 13.3. The van der Waals surface area contributed by atoms with Crippen molar-refractivity contribution in [1.82, 2.24) is 15.1 Å². The van der Waals surface area contributed by atoms with Gasteiger partial charge in [0.25, 0.3) is 5.89 Å². The minimum Gasteiger partial charge on any atom is -0.508 e. The van der Waals surface area contributed by atoms with E-state index in [2.05, 4.69) is 15.1 Å². The predicted molar refractivity (Wildman–Crippen MR) is 69.3 cm³/mol. The number of aromatic nitrogens is 3. The molecule has 1 aromatic carbocycles. The summed E-state index contributed by atoms with van der Waals surface area (Å²) in [7, 11) is 0. The van der Waals surface area contributed by atoms with E-state index in [1.165, 1.54) is 12.1 Å². The Kier molecular flexibility index (Phi) is 2.90. The van der Waals surface area contributed by atoms with Gasteiger partial charge in [-0.05, 0) is 42.8 Å². The van der Waals surface area contributed by atoms with E-state index in [4.69, 9.17) is 4.52 Å². The molecule has 5 nitrogen and oxygen atoms in total. The second-order valence-corrected chi connectivity index (χ2v) is 4.29. The first-order chi connectivity index (χ1) is 9.63. The Balaban J connectivity index is 1.97. The van der Waals surface area contributed by atoms with Crippen molar-refractivity contribution in [1.29, 1.82) is 0 Å². The highest BCUT2D eigenvalue weighted by Gasteiger charge is 2.12. The number of benzene rings is 1. The molecule has 0 saturated carbocycles. The minimum absolute atomic E-state index is 0.202. The van der Waals surface area contributed by atoms with Gasteiger partial charge >= 0.3 is 0 Å². The summed E-state index contributed by atoms with van der Waals surface area (Å²) < 4.78 is 18.0. The number of phenolic OH excluding ortho intramolecular Hbond substituents is 1. The molecule has 2 aromatic heterocycles. The third-order valence-corrected chi connectivity index (χ3v) is 2.83. The number of hydrogen-bond donors (Lipinski definition) is 1. The van der Waals surface area contributed by atoms with Crippen LogP contribution in [0.5, 0.6) is 5.75 Å². The van der Waals surface area contributed by atoms with Crippen molar-refractivity contribution in [2.45, 2.75) is 6.92 Å². The fourth-order valence-electron chi connectivity index (χ4n) is 1.74. The molecule has 0 aliphatic rings. The van der Waals surface area contributed by atoms with Crippen molar-refractivity contribution in [3.8, 4) is 28.7 Å². The summed E-state index contributed by atoms with van der Waals surface area (Å²) in [5.74, 6) is 0.375. The molecule has 1 N–H and O–H groups in total. The van der Waals surface area contributed by atoms with Crippen LogP contribution in [-0.4, -0.2) is 20.2 Å². The van der Waals surface area contributed by atoms with Gasteiger partial charge < -0.3 is 9.63 Å². The first-order valence-corrected chi connectivity index (χ1v) is 5.89. The van der Waals surface area contributed by atoms with Crippen LogP contribution in [0.4, 0.5) is 4.39 Å². The Bertz CT molecular complexity index is 753. The SMILES string of the molecule is Cc1cc(-c2nc(-c3ccc(F)cn3)no2)ccc1O. The number of hydrogen-bond acceptors (Lipinski definition) is 5. The lowest BCUT2D eigenvalue weighted by atomic mass is 10.1. The molecule has 0 saturated heterocycles. The summed E-state index contributed by atoms with van der Waals surface area (Å²) >= 11 is 0. The van der Waals surface area contributed by atoms with E-state index in [0.717, 1.165) is 6.20 Å². The molecule has 0 aliphatic heterocycles. The molecule has 6 heteroatoms. The van der Waals surface area contributed by atoms with Gasteiger partial charge in [0.1, 0.15) is 17.3 Å². The molecule has 2 heterocycles. The van der Waals surface area contributed by atoms with Gasteiger partial charge in [-0.25, -0.2) is 9.37 Å². The average Bonchev–Trinajstić information content (AvgIpc) is 2.92. The quantitative estimate of drug-likeness (QED) is 0.775. The Morgan fingerprint density at radius 3 is 2.75 bits per heavy atom. The third kappa shape index (κ3) is 2.23. The molecule has 0 aliphatic carbocycles.